The fourth-order valence-corrected chi connectivity index (χ4v) is 4.70. The Morgan fingerprint density at radius 1 is 0.524 bits per heavy atom. The van der Waals surface area contributed by atoms with Crippen molar-refractivity contribution in [1.82, 2.24) is 0 Å². The summed E-state index contributed by atoms with van der Waals surface area (Å²) in [5.41, 5.74) is 6.09. The second-order valence-electron chi connectivity index (χ2n) is 10.5. The fourth-order valence-electron chi connectivity index (χ4n) is 4.70. The molecule has 5 heteroatoms. The van der Waals surface area contributed by atoms with Crippen LogP contribution in [0.15, 0.2) is 97.1 Å². The van der Waals surface area contributed by atoms with Crippen LogP contribution in [0, 0.1) is 18.3 Å². The number of nitrogens with zero attached hydrogens (tertiary/aromatic N) is 1. The monoisotopic (exact) mass is 559 g/mol. The Labute approximate surface area is 248 Å². The lowest BCUT2D eigenvalue weighted by molar-refractivity contribution is -0.135. The highest BCUT2D eigenvalue weighted by Gasteiger charge is 2.07. The largest absolute Gasteiger partial charge is 0.427 e. The summed E-state index contributed by atoms with van der Waals surface area (Å²) in [6.07, 6.45) is 7.61. The van der Waals surface area contributed by atoms with Crippen LogP contribution in [0.4, 0.5) is 0 Å². The van der Waals surface area contributed by atoms with E-state index >= 15 is 0 Å². The molecule has 0 N–H and O–H groups in total. The van der Waals surface area contributed by atoms with E-state index in [-0.39, 0.29) is 11.9 Å². The van der Waals surface area contributed by atoms with Gasteiger partial charge in [0, 0.05) is 12.8 Å². The van der Waals surface area contributed by atoms with E-state index in [1.165, 1.54) is 5.56 Å². The summed E-state index contributed by atoms with van der Waals surface area (Å²) >= 11 is 0. The molecular weight excluding hydrogens is 522 g/mol. The SMILES string of the molecule is Cc1ccc(-c2ccc(OC(=O)CCCCCCCCCC(=O)Oc3ccc(-c4ccc(C#N)cc4)cc3)cc2)cc1. The van der Waals surface area contributed by atoms with Gasteiger partial charge < -0.3 is 9.47 Å². The molecule has 0 amide bonds. The van der Waals surface area contributed by atoms with Crippen LogP contribution < -0.4 is 9.47 Å². The standard InChI is InChI=1S/C37H37NO4/c1-28-11-15-30(16-12-28)32-19-23-34(24-20-32)41-36(39)9-7-5-3-2-4-6-8-10-37(40)42-35-25-21-33(22-26-35)31-17-13-29(27-38)14-18-31/h11-26H,2-10H2,1H3. The maximum atomic E-state index is 12.2. The van der Waals surface area contributed by atoms with Crippen LogP contribution in [0.25, 0.3) is 22.3 Å². The second-order valence-corrected chi connectivity index (χ2v) is 10.5. The Hall–Kier alpha value is -4.69. The zero-order valence-electron chi connectivity index (χ0n) is 24.2. The molecule has 0 saturated heterocycles. The lowest BCUT2D eigenvalue weighted by atomic mass is 10.0. The van der Waals surface area contributed by atoms with Crippen LogP contribution in [0.2, 0.25) is 0 Å². The molecule has 0 aliphatic rings. The molecule has 214 valence electrons. The third-order valence-corrected chi connectivity index (χ3v) is 7.17. The van der Waals surface area contributed by atoms with E-state index in [1.807, 2.05) is 48.5 Å². The summed E-state index contributed by atoms with van der Waals surface area (Å²) in [7, 11) is 0. The Morgan fingerprint density at radius 2 is 0.857 bits per heavy atom. The molecule has 4 aromatic carbocycles. The average Bonchev–Trinajstić information content (AvgIpc) is 3.01. The third-order valence-electron chi connectivity index (χ3n) is 7.17. The molecule has 0 aromatic heterocycles. The summed E-state index contributed by atoms with van der Waals surface area (Å²) in [4.78, 5) is 24.4. The number of unbranched alkanes of at least 4 members (excludes halogenated alkanes) is 6. The normalized spacial score (nSPS) is 10.6. The Bertz CT molecular complexity index is 1470. The van der Waals surface area contributed by atoms with Crippen molar-refractivity contribution < 1.29 is 19.1 Å². The van der Waals surface area contributed by atoms with E-state index in [0.29, 0.717) is 29.9 Å². The van der Waals surface area contributed by atoms with Crippen molar-refractivity contribution >= 4 is 11.9 Å². The number of carbonyl (C=O) groups excluding carboxylic acids is 2. The first kappa shape index (κ1) is 30.3. The predicted octanol–water partition coefficient (Wildman–Crippen LogP) is 9.22. The third kappa shape index (κ3) is 9.74. The number of nitriles is 1. The minimum atomic E-state index is -0.218. The molecule has 0 aliphatic heterocycles. The van der Waals surface area contributed by atoms with Gasteiger partial charge >= 0.3 is 11.9 Å². The molecule has 0 heterocycles. The smallest absolute Gasteiger partial charge is 0.311 e. The summed E-state index contributed by atoms with van der Waals surface area (Å²) < 4.78 is 11.0. The van der Waals surface area contributed by atoms with Crippen LogP contribution in [0.3, 0.4) is 0 Å². The Balaban J connectivity index is 1.02. The minimum absolute atomic E-state index is 0.194. The lowest BCUT2D eigenvalue weighted by Gasteiger charge is -2.07. The van der Waals surface area contributed by atoms with Crippen LogP contribution in [0.1, 0.15) is 68.9 Å². The number of aryl methyl sites for hydroxylation is 1. The summed E-state index contributed by atoms with van der Waals surface area (Å²) in [5.74, 6) is 0.703. The fraction of sp³-hybridized carbons (Fsp3) is 0.270. The van der Waals surface area contributed by atoms with Crippen molar-refractivity contribution in [1.29, 1.82) is 5.26 Å². The van der Waals surface area contributed by atoms with Crippen molar-refractivity contribution in [3.05, 3.63) is 108 Å². The number of esters is 2. The number of hydrogen-bond donors (Lipinski definition) is 0. The van der Waals surface area contributed by atoms with Crippen molar-refractivity contribution in [2.24, 2.45) is 0 Å². The maximum absolute atomic E-state index is 12.2. The molecule has 0 unspecified atom stereocenters. The van der Waals surface area contributed by atoms with Crippen molar-refractivity contribution in [3.8, 4) is 39.8 Å². The molecule has 4 aromatic rings. The van der Waals surface area contributed by atoms with Gasteiger partial charge in [0.1, 0.15) is 11.5 Å². The summed E-state index contributed by atoms with van der Waals surface area (Å²) in [6.45, 7) is 2.07. The first-order valence-electron chi connectivity index (χ1n) is 14.7. The molecule has 0 saturated carbocycles. The Morgan fingerprint density at radius 3 is 1.24 bits per heavy atom. The molecule has 0 radical (unpaired) electrons. The zero-order chi connectivity index (χ0) is 29.6. The molecule has 0 bridgehead atoms. The van der Waals surface area contributed by atoms with Gasteiger partial charge in [-0.3, -0.25) is 9.59 Å². The van der Waals surface area contributed by atoms with E-state index in [1.54, 1.807) is 24.3 Å². The van der Waals surface area contributed by atoms with Gasteiger partial charge in [0.15, 0.2) is 0 Å². The van der Waals surface area contributed by atoms with Gasteiger partial charge in [-0.2, -0.15) is 5.26 Å². The number of rotatable bonds is 14. The number of benzene rings is 4. The van der Waals surface area contributed by atoms with E-state index in [0.717, 1.165) is 67.2 Å². The summed E-state index contributed by atoms with van der Waals surface area (Å²) in [6, 6.07) is 32.9. The van der Waals surface area contributed by atoms with Crippen molar-refractivity contribution in [2.75, 3.05) is 0 Å². The quantitative estimate of drug-likeness (QED) is 0.0874. The molecule has 0 spiro atoms. The first-order chi connectivity index (χ1) is 20.5. The van der Waals surface area contributed by atoms with Gasteiger partial charge in [0.2, 0.25) is 0 Å². The van der Waals surface area contributed by atoms with Gasteiger partial charge in [-0.15, -0.1) is 0 Å². The minimum Gasteiger partial charge on any atom is -0.427 e. The highest BCUT2D eigenvalue weighted by Crippen LogP contribution is 2.24. The van der Waals surface area contributed by atoms with Crippen molar-refractivity contribution in [3.63, 3.8) is 0 Å². The molecule has 0 fully saturated rings. The van der Waals surface area contributed by atoms with Gasteiger partial charge in [-0.1, -0.05) is 98.3 Å². The number of ether oxygens (including phenoxy) is 2. The van der Waals surface area contributed by atoms with Gasteiger partial charge in [-0.25, -0.2) is 0 Å². The molecule has 0 atom stereocenters. The van der Waals surface area contributed by atoms with E-state index in [4.69, 9.17) is 14.7 Å². The first-order valence-corrected chi connectivity index (χ1v) is 14.7. The van der Waals surface area contributed by atoms with Crippen LogP contribution in [-0.4, -0.2) is 11.9 Å². The van der Waals surface area contributed by atoms with E-state index in [2.05, 4.69) is 37.3 Å². The van der Waals surface area contributed by atoms with Crippen molar-refractivity contribution in [2.45, 2.75) is 64.7 Å². The molecule has 4 rings (SSSR count). The molecular formula is C37H37NO4. The molecule has 0 aliphatic carbocycles. The second kappa shape index (κ2) is 15.9. The van der Waals surface area contributed by atoms with E-state index < -0.39 is 0 Å². The highest BCUT2D eigenvalue weighted by atomic mass is 16.5. The van der Waals surface area contributed by atoms with Crippen LogP contribution >= 0.6 is 0 Å². The van der Waals surface area contributed by atoms with Gasteiger partial charge in [0.25, 0.3) is 0 Å². The highest BCUT2D eigenvalue weighted by molar-refractivity contribution is 5.73. The zero-order valence-corrected chi connectivity index (χ0v) is 24.2. The van der Waals surface area contributed by atoms with Crippen LogP contribution in [-0.2, 0) is 9.59 Å². The lowest BCUT2D eigenvalue weighted by Crippen LogP contribution is -2.07. The predicted molar refractivity (Wildman–Crippen MR) is 166 cm³/mol. The van der Waals surface area contributed by atoms with Gasteiger partial charge in [0.05, 0.1) is 11.6 Å². The summed E-state index contributed by atoms with van der Waals surface area (Å²) in [5, 5.41) is 8.93. The average molecular weight is 560 g/mol. The number of carbonyl (C=O) groups is 2. The maximum Gasteiger partial charge on any atom is 0.311 e. The van der Waals surface area contributed by atoms with E-state index in [9.17, 15) is 9.59 Å². The van der Waals surface area contributed by atoms with Gasteiger partial charge in [-0.05, 0) is 78.4 Å². The molecule has 5 nitrogen and oxygen atoms in total. The topological polar surface area (TPSA) is 76.4 Å². The Kier molecular flexibility index (Phi) is 11.5. The van der Waals surface area contributed by atoms with Crippen LogP contribution in [0.5, 0.6) is 11.5 Å². The number of hydrogen-bond acceptors (Lipinski definition) is 5. The molecule has 42 heavy (non-hydrogen) atoms.